The predicted octanol–water partition coefficient (Wildman–Crippen LogP) is 2.04. The lowest BCUT2D eigenvalue weighted by atomic mass is 9.98. The number of benzene rings is 1. The van der Waals surface area contributed by atoms with Crippen molar-refractivity contribution in [1.82, 2.24) is 10.2 Å². The van der Waals surface area contributed by atoms with Crippen LogP contribution in [0, 0.1) is 11.7 Å². The standard InChI is InChI=1S/C16H23FN2O2/c1-19-7-3-4-13(11-19)10-18-9-12-5-6-14(15(17)8-12)16(20)21-2/h5-6,8,13,18H,3-4,7,9-11H2,1-2H3. The van der Waals surface area contributed by atoms with Gasteiger partial charge < -0.3 is 15.0 Å². The van der Waals surface area contributed by atoms with Gasteiger partial charge >= 0.3 is 5.97 Å². The molecule has 1 N–H and O–H groups in total. The van der Waals surface area contributed by atoms with Crippen molar-refractivity contribution in [1.29, 1.82) is 0 Å². The summed E-state index contributed by atoms with van der Waals surface area (Å²) >= 11 is 0. The minimum absolute atomic E-state index is 0.0184. The fraction of sp³-hybridized carbons (Fsp3) is 0.562. The first-order chi connectivity index (χ1) is 10.1. The van der Waals surface area contributed by atoms with E-state index in [1.54, 1.807) is 6.07 Å². The first-order valence-electron chi connectivity index (χ1n) is 7.36. The van der Waals surface area contributed by atoms with E-state index in [2.05, 4.69) is 22.0 Å². The monoisotopic (exact) mass is 294 g/mol. The molecule has 1 aromatic carbocycles. The molecular formula is C16H23FN2O2. The maximum absolute atomic E-state index is 13.8. The number of methoxy groups -OCH3 is 1. The van der Waals surface area contributed by atoms with E-state index in [-0.39, 0.29) is 5.56 Å². The molecule has 1 aromatic rings. The number of hydrogen-bond donors (Lipinski definition) is 1. The first-order valence-corrected chi connectivity index (χ1v) is 7.36. The van der Waals surface area contributed by atoms with Gasteiger partial charge in [-0.15, -0.1) is 0 Å². The number of rotatable bonds is 5. The van der Waals surface area contributed by atoms with Gasteiger partial charge in [-0.25, -0.2) is 9.18 Å². The summed E-state index contributed by atoms with van der Waals surface area (Å²) < 4.78 is 18.3. The highest BCUT2D eigenvalue weighted by atomic mass is 19.1. The molecule has 1 atom stereocenters. The summed E-state index contributed by atoms with van der Waals surface area (Å²) in [6.45, 7) is 3.84. The Kier molecular flexibility index (Phi) is 5.70. The van der Waals surface area contributed by atoms with Crippen LogP contribution in [0.5, 0.6) is 0 Å². The lowest BCUT2D eigenvalue weighted by Gasteiger charge is -2.29. The quantitative estimate of drug-likeness (QED) is 0.844. The van der Waals surface area contributed by atoms with Crippen LogP contribution in [0.4, 0.5) is 4.39 Å². The van der Waals surface area contributed by atoms with E-state index >= 15 is 0 Å². The molecule has 0 amide bonds. The Bertz CT molecular complexity index is 493. The van der Waals surface area contributed by atoms with Gasteiger partial charge in [-0.2, -0.15) is 0 Å². The van der Waals surface area contributed by atoms with Crippen molar-refractivity contribution in [2.75, 3.05) is 33.8 Å². The number of nitrogens with zero attached hydrogens (tertiary/aromatic N) is 1. The lowest BCUT2D eigenvalue weighted by molar-refractivity contribution is 0.0595. The molecule has 0 saturated carbocycles. The number of nitrogens with one attached hydrogen (secondary N) is 1. The molecule has 0 bridgehead atoms. The molecule has 4 nitrogen and oxygen atoms in total. The molecule has 1 unspecified atom stereocenters. The molecule has 1 heterocycles. The van der Waals surface area contributed by atoms with Crippen LogP contribution >= 0.6 is 0 Å². The fourth-order valence-electron chi connectivity index (χ4n) is 2.80. The average molecular weight is 294 g/mol. The number of carbonyl (C=O) groups excluding carboxylic acids is 1. The van der Waals surface area contributed by atoms with Crippen molar-refractivity contribution in [3.05, 3.63) is 35.1 Å². The molecule has 0 spiro atoms. The van der Waals surface area contributed by atoms with Gasteiger partial charge in [-0.05, 0) is 56.6 Å². The Morgan fingerprint density at radius 2 is 2.33 bits per heavy atom. The predicted molar refractivity (Wildman–Crippen MR) is 79.7 cm³/mol. The normalized spacial score (nSPS) is 19.5. The van der Waals surface area contributed by atoms with Gasteiger partial charge in [0.15, 0.2) is 0 Å². The SMILES string of the molecule is COC(=O)c1ccc(CNCC2CCCN(C)C2)cc1F. The highest BCUT2D eigenvalue weighted by Gasteiger charge is 2.17. The van der Waals surface area contributed by atoms with Crippen LogP contribution < -0.4 is 5.32 Å². The molecule has 1 fully saturated rings. The number of halogens is 1. The third-order valence-electron chi connectivity index (χ3n) is 3.92. The van der Waals surface area contributed by atoms with E-state index in [9.17, 15) is 9.18 Å². The van der Waals surface area contributed by atoms with Crippen molar-refractivity contribution in [3.8, 4) is 0 Å². The molecule has 0 aliphatic carbocycles. The molecule has 21 heavy (non-hydrogen) atoms. The van der Waals surface area contributed by atoms with E-state index < -0.39 is 11.8 Å². The minimum Gasteiger partial charge on any atom is -0.465 e. The van der Waals surface area contributed by atoms with Gasteiger partial charge in [0.2, 0.25) is 0 Å². The van der Waals surface area contributed by atoms with Crippen LogP contribution in [0.3, 0.4) is 0 Å². The Morgan fingerprint density at radius 1 is 1.52 bits per heavy atom. The topological polar surface area (TPSA) is 41.6 Å². The number of ether oxygens (including phenoxy) is 1. The summed E-state index contributed by atoms with van der Waals surface area (Å²) in [5.41, 5.74) is 0.819. The highest BCUT2D eigenvalue weighted by Crippen LogP contribution is 2.15. The second-order valence-electron chi connectivity index (χ2n) is 5.71. The molecule has 5 heteroatoms. The molecule has 2 rings (SSSR count). The second-order valence-corrected chi connectivity index (χ2v) is 5.71. The highest BCUT2D eigenvalue weighted by molar-refractivity contribution is 5.89. The fourth-order valence-corrected chi connectivity index (χ4v) is 2.80. The smallest absolute Gasteiger partial charge is 0.340 e. The number of hydrogen-bond acceptors (Lipinski definition) is 4. The van der Waals surface area contributed by atoms with Crippen molar-refractivity contribution in [3.63, 3.8) is 0 Å². The summed E-state index contributed by atoms with van der Waals surface area (Å²) in [6, 6.07) is 4.63. The molecule has 1 aliphatic heterocycles. The summed E-state index contributed by atoms with van der Waals surface area (Å²) in [4.78, 5) is 13.7. The third kappa shape index (κ3) is 4.51. The zero-order valence-electron chi connectivity index (χ0n) is 12.7. The first kappa shape index (κ1) is 15.9. The minimum atomic E-state index is -0.641. The van der Waals surface area contributed by atoms with Crippen molar-refractivity contribution in [2.24, 2.45) is 5.92 Å². The maximum Gasteiger partial charge on any atom is 0.340 e. The number of piperidine rings is 1. The second kappa shape index (κ2) is 7.52. The summed E-state index contributed by atoms with van der Waals surface area (Å²) in [5.74, 6) is -0.515. The Balaban J connectivity index is 1.83. The molecule has 0 radical (unpaired) electrons. The Morgan fingerprint density at radius 3 is 3.00 bits per heavy atom. The number of carbonyl (C=O) groups is 1. The maximum atomic E-state index is 13.8. The van der Waals surface area contributed by atoms with Crippen LogP contribution in [0.25, 0.3) is 0 Å². The third-order valence-corrected chi connectivity index (χ3v) is 3.92. The van der Waals surface area contributed by atoms with Gasteiger partial charge in [0.1, 0.15) is 5.82 Å². The summed E-state index contributed by atoms with van der Waals surface area (Å²) in [5, 5.41) is 3.37. The zero-order valence-corrected chi connectivity index (χ0v) is 12.7. The van der Waals surface area contributed by atoms with Gasteiger partial charge in [0.25, 0.3) is 0 Å². The van der Waals surface area contributed by atoms with Crippen LogP contribution in [0.1, 0.15) is 28.8 Å². The number of likely N-dealkylation sites (tertiary alicyclic amines) is 1. The molecule has 116 valence electrons. The average Bonchev–Trinajstić information content (AvgIpc) is 2.47. The van der Waals surface area contributed by atoms with Gasteiger partial charge in [0, 0.05) is 13.1 Å². The van der Waals surface area contributed by atoms with E-state index in [4.69, 9.17) is 0 Å². The van der Waals surface area contributed by atoms with E-state index in [1.807, 2.05) is 0 Å². The molecule has 1 saturated heterocycles. The summed E-state index contributed by atoms with van der Waals surface area (Å²) in [7, 11) is 3.39. The number of esters is 1. The van der Waals surface area contributed by atoms with Crippen molar-refractivity contribution < 1.29 is 13.9 Å². The van der Waals surface area contributed by atoms with Crippen LogP contribution in [0.2, 0.25) is 0 Å². The van der Waals surface area contributed by atoms with E-state index in [1.165, 1.54) is 38.6 Å². The van der Waals surface area contributed by atoms with Crippen molar-refractivity contribution in [2.45, 2.75) is 19.4 Å². The van der Waals surface area contributed by atoms with Gasteiger partial charge in [-0.1, -0.05) is 6.07 Å². The van der Waals surface area contributed by atoms with E-state index in [0.717, 1.165) is 18.7 Å². The molecule has 1 aliphatic rings. The zero-order chi connectivity index (χ0) is 15.2. The van der Waals surface area contributed by atoms with Crippen molar-refractivity contribution >= 4 is 5.97 Å². The largest absolute Gasteiger partial charge is 0.465 e. The lowest BCUT2D eigenvalue weighted by Crippen LogP contribution is -2.37. The molecule has 0 aromatic heterocycles. The summed E-state index contributed by atoms with van der Waals surface area (Å²) in [6.07, 6.45) is 2.48. The van der Waals surface area contributed by atoms with Gasteiger partial charge in [0.05, 0.1) is 12.7 Å². The van der Waals surface area contributed by atoms with E-state index in [0.29, 0.717) is 12.5 Å². The van der Waals surface area contributed by atoms with Crippen LogP contribution in [0.15, 0.2) is 18.2 Å². The Hall–Kier alpha value is -1.46. The van der Waals surface area contributed by atoms with Gasteiger partial charge in [-0.3, -0.25) is 0 Å². The molecular weight excluding hydrogens is 271 g/mol. The van der Waals surface area contributed by atoms with Crippen LogP contribution in [-0.4, -0.2) is 44.7 Å². The Labute approximate surface area is 125 Å². The van der Waals surface area contributed by atoms with Crippen LogP contribution in [-0.2, 0) is 11.3 Å².